The molecule has 2 bridgehead atoms. The Bertz CT molecular complexity index is 474. The van der Waals surface area contributed by atoms with Gasteiger partial charge in [0.15, 0.2) is 0 Å². The fourth-order valence-corrected chi connectivity index (χ4v) is 4.46. The van der Waals surface area contributed by atoms with Crippen molar-refractivity contribution in [1.29, 1.82) is 0 Å². The standard InChI is InChI=1S/C20H31NO4/c1-2-3-4-5-10-24-12-13-25-11-6-9-21-19(22)17-15-7-8-16(14-15)18(17)20(21)23/h7-8,15-18H,2-6,9-14H2,1H3. The van der Waals surface area contributed by atoms with Crippen molar-refractivity contribution >= 4 is 11.8 Å². The van der Waals surface area contributed by atoms with Crippen LogP contribution in [0, 0.1) is 23.7 Å². The number of hydrogen-bond donors (Lipinski definition) is 0. The van der Waals surface area contributed by atoms with Crippen LogP contribution in [0.5, 0.6) is 0 Å². The van der Waals surface area contributed by atoms with Crippen molar-refractivity contribution in [1.82, 2.24) is 4.90 Å². The number of amides is 2. The van der Waals surface area contributed by atoms with E-state index in [4.69, 9.17) is 9.47 Å². The number of rotatable bonds is 12. The van der Waals surface area contributed by atoms with Gasteiger partial charge in [-0.3, -0.25) is 14.5 Å². The van der Waals surface area contributed by atoms with Gasteiger partial charge in [0, 0.05) is 19.8 Å². The SMILES string of the molecule is CCCCCCOCCOCCCN1C(=O)C2C3C=CC(C3)C2C1=O. The smallest absolute Gasteiger partial charge is 0.233 e. The topological polar surface area (TPSA) is 55.8 Å². The van der Waals surface area contributed by atoms with Crippen LogP contribution in [-0.2, 0) is 19.1 Å². The minimum atomic E-state index is -0.0791. The predicted octanol–water partition coefficient (Wildman–Crippen LogP) is 2.80. The summed E-state index contributed by atoms with van der Waals surface area (Å²) >= 11 is 0. The molecule has 0 spiro atoms. The van der Waals surface area contributed by atoms with E-state index in [1.165, 1.54) is 24.2 Å². The van der Waals surface area contributed by atoms with Crippen LogP contribution in [0.3, 0.4) is 0 Å². The molecule has 0 radical (unpaired) electrons. The van der Waals surface area contributed by atoms with E-state index in [9.17, 15) is 9.59 Å². The van der Waals surface area contributed by atoms with Gasteiger partial charge in [-0.15, -0.1) is 0 Å². The second kappa shape index (κ2) is 8.95. The molecule has 0 aromatic heterocycles. The molecule has 2 fully saturated rings. The highest BCUT2D eigenvalue weighted by Crippen LogP contribution is 2.52. The van der Waals surface area contributed by atoms with Crippen LogP contribution in [0.15, 0.2) is 12.2 Å². The fraction of sp³-hybridized carbons (Fsp3) is 0.800. The van der Waals surface area contributed by atoms with Crippen LogP contribution in [0.2, 0.25) is 0 Å². The summed E-state index contributed by atoms with van der Waals surface area (Å²) < 4.78 is 11.1. The monoisotopic (exact) mass is 349 g/mol. The Kier molecular flexibility index (Phi) is 6.65. The summed E-state index contributed by atoms with van der Waals surface area (Å²) in [5.74, 6) is 0.517. The van der Waals surface area contributed by atoms with Gasteiger partial charge in [0.2, 0.25) is 11.8 Å². The van der Waals surface area contributed by atoms with Crippen LogP contribution >= 0.6 is 0 Å². The van der Waals surface area contributed by atoms with Gasteiger partial charge in [0.1, 0.15) is 0 Å². The Labute approximate surface area is 150 Å². The number of carbonyl (C=O) groups excluding carboxylic acids is 2. The molecule has 1 saturated carbocycles. The van der Waals surface area contributed by atoms with Crippen molar-refractivity contribution in [2.24, 2.45) is 23.7 Å². The van der Waals surface area contributed by atoms with E-state index in [0.717, 1.165) is 19.4 Å². The fourth-order valence-electron chi connectivity index (χ4n) is 4.46. The quantitative estimate of drug-likeness (QED) is 0.309. The lowest BCUT2D eigenvalue weighted by Gasteiger charge is -2.17. The Hall–Kier alpha value is -1.20. The van der Waals surface area contributed by atoms with Crippen LogP contribution < -0.4 is 0 Å². The molecule has 1 saturated heterocycles. The average Bonchev–Trinajstić information content (AvgIpc) is 3.28. The van der Waals surface area contributed by atoms with Crippen molar-refractivity contribution in [3.05, 3.63) is 12.2 Å². The number of ether oxygens (including phenoxy) is 2. The first kappa shape index (κ1) is 18.6. The molecule has 5 heteroatoms. The summed E-state index contributed by atoms with van der Waals surface area (Å²) in [6.45, 7) is 5.26. The third-order valence-electron chi connectivity index (χ3n) is 5.75. The minimum absolute atomic E-state index is 0.0438. The number of fused-ring (bicyclic) bond motifs is 5. The lowest BCUT2D eigenvalue weighted by atomic mass is 9.85. The van der Waals surface area contributed by atoms with Crippen molar-refractivity contribution < 1.29 is 19.1 Å². The van der Waals surface area contributed by atoms with E-state index in [0.29, 0.717) is 44.6 Å². The van der Waals surface area contributed by atoms with E-state index in [1.807, 2.05) is 0 Å². The molecule has 140 valence electrons. The molecule has 0 aromatic rings. The van der Waals surface area contributed by atoms with Crippen molar-refractivity contribution in [2.45, 2.75) is 45.4 Å². The largest absolute Gasteiger partial charge is 0.379 e. The maximum atomic E-state index is 12.5. The van der Waals surface area contributed by atoms with E-state index < -0.39 is 0 Å². The number of hydrogen-bond acceptors (Lipinski definition) is 4. The van der Waals surface area contributed by atoms with Crippen molar-refractivity contribution in [3.8, 4) is 0 Å². The van der Waals surface area contributed by atoms with E-state index in [1.54, 1.807) is 0 Å². The van der Waals surface area contributed by atoms with Gasteiger partial charge in [-0.1, -0.05) is 38.3 Å². The summed E-state index contributed by atoms with van der Waals surface area (Å²) in [4.78, 5) is 26.5. The molecule has 2 amide bonds. The lowest BCUT2D eigenvalue weighted by molar-refractivity contribution is -0.140. The Morgan fingerprint density at radius 2 is 1.48 bits per heavy atom. The lowest BCUT2D eigenvalue weighted by Crippen LogP contribution is -2.34. The highest BCUT2D eigenvalue weighted by Gasteiger charge is 2.58. The molecular weight excluding hydrogens is 318 g/mol. The van der Waals surface area contributed by atoms with Crippen LogP contribution in [0.25, 0.3) is 0 Å². The maximum absolute atomic E-state index is 12.5. The normalized spacial score (nSPS) is 29.9. The zero-order valence-corrected chi connectivity index (χ0v) is 15.3. The average molecular weight is 349 g/mol. The second-order valence-electron chi connectivity index (χ2n) is 7.47. The van der Waals surface area contributed by atoms with E-state index in [-0.39, 0.29) is 23.7 Å². The number of imide groups is 1. The minimum Gasteiger partial charge on any atom is -0.379 e. The summed E-state index contributed by atoms with van der Waals surface area (Å²) in [7, 11) is 0. The van der Waals surface area contributed by atoms with Crippen LogP contribution in [0.4, 0.5) is 0 Å². The van der Waals surface area contributed by atoms with Crippen LogP contribution in [-0.4, -0.2) is 49.7 Å². The molecule has 1 heterocycles. The predicted molar refractivity (Wildman–Crippen MR) is 94.8 cm³/mol. The first-order chi connectivity index (χ1) is 12.2. The van der Waals surface area contributed by atoms with Crippen molar-refractivity contribution in [2.75, 3.05) is 33.0 Å². The summed E-state index contributed by atoms with van der Waals surface area (Å²) in [6, 6.07) is 0. The number of unbranched alkanes of at least 4 members (excludes halogenated alkanes) is 3. The molecule has 1 aliphatic heterocycles. The van der Waals surface area contributed by atoms with Crippen molar-refractivity contribution in [3.63, 3.8) is 0 Å². The van der Waals surface area contributed by atoms with Crippen LogP contribution in [0.1, 0.15) is 45.4 Å². The first-order valence-electron chi connectivity index (χ1n) is 9.93. The molecule has 3 rings (SSSR count). The highest BCUT2D eigenvalue weighted by atomic mass is 16.5. The summed E-state index contributed by atoms with van der Waals surface area (Å²) in [5, 5.41) is 0. The third kappa shape index (κ3) is 4.14. The molecule has 2 aliphatic carbocycles. The highest BCUT2D eigenvalue weighted by molar-refractivity contribution is 6.06. The zero-order chi connectivity index (χ0) is 17.6. The zero-order valence-electron chi connectivity index (χ0n) is 15.3. The van der Waals surface area contributed by atoms with Gasteiger partial charge in [-0.25, -0.2) is 0 Å². The molecule has 0 N–H and O–H groups in total. The van der Waals surface area contributed by atoms with Gasteiger partial charge in [-0.05, 0) is 31.1 Å². The third-order valence-corrected chi connectivity index (χ3v) is 5.75. The molecule has 4 unspecified atom stereocenters. The number of allylic oxidation sites excluding steroid dienone is 2. The molecular formula is C20H31NO4. The van der Waals surface area contributed by atoms with E-state index >= 15 is 0 Å². The first-order valence-corrected chi connectivity index (χ1v) is 9.93. The number of likely N-dealkylation sites (tertiary alicyclic amines) is 1. The molecule has 3 aliphatic rings. The maximum Gasteiger partial charge on any atom is 0.233 e. The number of carbonyl (C=O) groups is 2. The molecule has 5 nitrogen and oxygen atoms in total. The number of nitrogens with zero attached hydrogens (tertiary/aromatic N) is 1. The Morgan fingerprint density at radius 3 is 2.08 bits per heavy atom. The molecule has 25 heavy (non-hydrogen) atoms. The molecule has 0 aromatic carbocycles. The van der Waals surface area contributed by atoms with Gasteiger partial charge >= 0.3 is 0 Å². The Morgan fingerprint density at radius 1 is 0.880 bits per heavy atom. The molecule has 4 atom stereocenters. The van der Waals surface area contributed by atoms with Gasteiger partial charge < -0.3 is 9.47 Å². The van der Waals surface area contributed by atoms with Gasteiger partial charge in [0.05, 0.1) is 25.0 Å². The van der Waals surface area contributed by atoms with Gasteiger partial charge in [-0.2, -0.15) is 0 Å². The summed E-state index contributed by atoms with van der Waals surface area (Å²) in [5.41, 5.74) is 0. The Balaban J connectivity index is 1.24. The summed E-state index contributed by atoms with van der Waals surface area (Å²) in [6.07, 6.45) is 10.8. The van der Waals surface area contributed by atoms with E-state index in [2.05, 4.69) is 19.1 Å². The second-order valence-corrected chi connectivity index (χ2v) is 7.47. The van der Waals surface area contributed by atoms with Gasteiger partial charge in [0.25, 0.3) is 0 Å².